The van der Waals surface area contributed by atoms with Gasteiger partial charge in [0.1, 0.15) is 12.2 Å². The first-order valence-corrected chi connectivity index (χ1v) is 9.29. The number of pyridine rings is 1. The van der Waals surface area contributed by atoms with Gasteiger partial charge in [0.05, 0.1) is 29.6 Å². The molecule has 1 fully saturated rings. The van der Waals surface area contributed by atoms with Crippen LogP contribution in [-0.2, 0) is 11.3 Å². The third-order valence-electron chi connectivity index (χ3n) is 5.31. The van der Waals surface area contributed by atoms with Crippen LogP contribution in [0.2, 0.25) is 0 Å². The number of hydrogen-bond donors (Lipinski definition) is 0. The Bertz CT molecular complexity index is 1080. The summed E-state index contributed by atoms with van der Waals surface area (Å²) in [5.41, 5.74) is 2.44. The van der Waals surface area contributed by atoms with Gasteiger partial charge in [0, 0.05) is 12.2 Å². The number of imide groups is 1. The van der Waals surface area contributed by atoms with Crippen LogP contribution in [0.1, 0.15) is 39.3 Å². The van der Waals surface area contributed by atoms with Crippen molar-refractivity contribution in [3.05, 3.63) is 71.7 Å². The molecule has 0 N–H and O–H groups in total. The molecule has 1 saturated carbocycles. The van der Waals surface area contributed by atoms with Crippen LogP contribution < -0.4 is 0 Å². The number of carbonyl (C=O) groups is 3. The number of carbonyl (C=O) groups excluding carboxylic acids is 3. The zero-order valence-electron chi connectivity index (χ0n) is 15.1. The van der Waals surface area contributed by atoms with Crippen molar-refractivity contribution in [2.45, 2.75) is 25.4 Å². The largest absolute Gasteiger partial charge is 0.332 e. The second-order valence-electron chi connectivity index (χ2n) is 7.17. The maximum Gasteiger partial charge on any atom is 0.262 e. The fraction of sp³-hybridized carbons (Fsp3) is 0.238. The van der Waals surface area contributed by atoms with Gasteiger partial charge in [-0.3, -0.25) is 19.3 Å². The van der Waals surface area contributed by atoms with E-state index in [9.17, 15) is 14.4 Å². The van der Waals surface area contributed by atoms with Gasteiger partial charge in [-0.2, -0.15) is 0 Å². The SMILES string of the molecule is O=C1c2ccccc2C(=O)N1CC(=O)N(Cc1cnc2ccccn12)C1CC1. The van der Waals surface area contributed by atoms with Crippen LogP contribution in [0.4, 0.5) is 0 Å². The molecular formula is C21H18N4O3. The van der Waals surface area contributed by atoms with Gasteiger partial charge in [-0.15, -0.1) is 0 Å². The van der Waals surface area contributed by atoms with Gasteiger partial charge >= 0.3 is 0 Å². The normalized spacial score (nSPS) is 15.9. The van der Waals surface area contributed by atoms with E-state index >= 15 is 0 Å². The van der Waals surface area contributed by atoms with E-state index in [4.69, 9.17) is 0 Å². The molecule has 2 aromatic heterocycles. The van der Waals surface area contributed by atoms with Gasteiger partial charge in [0.25, 0.3) is 11.8 Å². The van der Waals surface area contributed by atoms with Gasteiger partial charge in [-0.05, 0) is 37.1 Å². The summed E-state index contributed by atoms with van der Waals surface area (Å²) in [6.07, 6.45) is 5.55. The number of fused-ring (bicyclic) bond motifs is 2. The number of amides is 3. The first kappa shape index (κ1) is 16.7. The molecule has 3 aromatic rings. The summed E-state index contributed by atoms with van der Waals surface area (Å²) >= 11 is 0. The Balaban J connectivity index is 1.37. The Kier molecular flexibility index (Phi) is 3.75. The van der Waals surface area contributed by atoms with Crippen LogP contribution in [-0.4, -0.2) is 49.5 Å². The van der Waals surface area contributed by atoms with E-state index in [0.29, 0.717) is 17.7 Å². The number of nitrogens with zero attached hydrogens (tertiary/aromatic N) is 4. The van der Waals surface area contributed by atoms with E-state index < -0.39 is 11.8 Å². The highest BCUT2D eigenvalue weighted by Crippen LogP contribution is 2.30. The Morgan fingerprint density at radius 2 is 1.71 bits per heavy atom. The van der Waals surface area contributed by atoms with E-state index in [1.165, 1.54) is 0 Å². The fourth-order valence-corrected chi connectivity index (χ4v) is 3.69. The predicted molar refractivity (Wildman–Crippen MR) is 101 cm³/mol. The van der Waals surface area contributed by atoms with Crippen molar-refractivity contribution < 1.29 is 14.4 Å². The van der Waals surface area contributed by atoms with Crippen LogP contribution in [0.3, 0.4) is 0 Å². The zero-order valence-corrected chi connectivity index (χ0v) is 15.1. The highest BCUT2D eigenvalue weighted by Gasteiger charge is 2.39. The van der Waals surface area contributed by atoms with E-state index in [2.05, 4.69) is 4.98 Å². The van der Waals surface area contributed by atoms with Crippen molar-refractivity contribution in [1.29, 1.82) is 0 Å². The Labute approximate surface area is 161 Å². The highest BCUT2D eigenvalue weighted by molar-refractivity contribution is 6.22. The number of imidazole rings is 1. The maximum atomic E-state index is 13.0. The molecule has 7 heteroatoms. The minimum Gasteiger partial charge on any atom is -0.332 e. The summed E-state index contributed by atoms with van der Waals surface area (Å²) in [6, 6.07) is 12.6. The molecule has 140 valence electrons. The van der Waals surface area contributed by atoms with Crippen molar-refractivity contribution in [2.24, 2.45) is 0 Å². The van der Waals surface area contributed by atoms with E-state index in [0.717, 1.165) is 29.1 Å². The number of hydrogen-bond acceptors (Lipinski definition) is 4. The lowest BCUT2D eigenvalue weighted by molar-refractivity contribution is -0.132. The molecule has 1 aliphatic carbocycles. The first-order valence-electron chi connectivity index (χ1n) is 9.29. The average molecular weight is 374 g/mol. The van der Waals surface area contributed by atoms with Crippen LogP contribution in [0.15, 0.2) is 54.9 Å². The maximum absolute atomic E-state index is 13.0. The number of aromatic nitrogens is 2. The summed E-state index contributed by atoms with van der Waals surface area (Å²) < 4.78 is 1.95. The molecule has 5 rings (SSSR count). The van der Waals surface area contributed by atoms with Crippen LogP contribution in [0.5, 0.6) is 0 Å². The second kappa shape index (κ2) is 6.30. The lowest BCUT2D eigenvalue weighted by atomic mass is 10.1. The van der Waals surface area contributed by atoms with Gasteiger partial charge < -0.3 is 9.30 Å². The minimum absolute atomic E-state index is 0.150. The molecule has 0 saturated heterocycles. The Morgan fingerprint density at radius 3 is 2.39 bits per heavy atom. The van der Waals surface area contributed by atoms with Crippen LogP contribution >= 0.6 is 0 Å². The summed E-state index contributed by atoms with van der Waals surface area (Å²) in [7, 11) is 0. The number of benzene rings is 1. The highest BCUT2D eigenvalue weighted by atomic mass is 16.2. The van der Waals surface area contributed by atoms with Crippen molar-refractivity contribution in [3.8, 4) is 0 Å². The molecule has 0 bridgehead atoms. The Hall–Kier alpha value is -3.48. The Morgan fingerprint density at radius 1 is 1.04 bits per heavy atom. The van der Waals surface area contributed by atoms with Gasteiger partial charge in [0.2, 0.25) is 5.91 Å². The first-order chi connectivity index (χ1) is 13.6. The quantitative estimate of drug-likeness (QED) is 0.641. The molecule has 7 nitrogen and oxygen atoms in total. The van der Waals surface area contributed by atoms with Crippen molar-refractivity contribution in [2.75, 3.05) is 6.54 Å². The zero-order chi connectivity index (χ0) is 19.3. The standard InChI is InChI=1S/C21H18N4O3/c26-19(13-25-20(27)16-5-1-2-6-17(16)21(25)28)24(14-8-9-14)12-15-11-22-18-7-3-4-10-23(15)18/h1-7,10-11,14H,8-9,12-13H2. The van der Waals surface area contributed by atoms with E-state index in [1.807, 2.05) is 28.8 Å². The van der Waals surface area contributed by atoms with E-state index in [1.54, 1.807) is 35.4 Å². The topological polar surface area (TPSA) is 75.0 Å². The molecule has 1 aromatic carbocycles. The summed E-state index contributed by atoms with van der Waals surface area (Å²) in [5, 5.41) is 0. The molecule has 28 heavy (non-hydrogen) atoms. The van der Waals surface area contributed by atoms with Gasteiger partial charge in [-0.1, -0.05) is 18.2 Å². The number of rotatable bonds is 5. The van der Waals surface area contributed by atoms with Gasteiger partial charge in [0.15, 0.2) is 0 Å². The molecular weight excluding hydrogens is 356 g/mol. The van der Waals surface area contributed by atoms with Crippen molar-refractivity contribution >= 4 is 23.4 Å². The third kappa shape index (κ3) is 2.67. The second-order valence-corrected chi connectivity index (χ2v) is 7.17. The molecule has 0 spiro atoms. The third-order valence-corrected chi connectivity index (χ3v) is 5.31. The predicted octanol–water partition coefficient (Wildman–Crippen LogP) is 2.12. The summed E-state index contributed by atoms with van der Waals surface area (Å²) in [4.78, 5) is 45.3. The molecule has 3 amide bonds. The van der Waals surface area contributed by atoms with Crippen molar-refractivity contribution in [1.82, 2.24) is 19.2 Å². The molecule has 0 atom stereocenters. The molecule has 1 aliphatic heterocycles. The fourth-order valence-electron chi connectivity index (χ4n) is 3.69. The van der Waals surface area contributed by atoms with Crippen molar-refractivity contribution in [3.63, 3.8) is 0 Å². The summed E-state index contributed by atoms with van der Waals surface area (Å²) in [5.74, 6) is -1.03. The van der Waals surface area contributed by atoms with Crippen LogP contribution in [0, 0.1) is 0 Å². The minimum atomic E-state index is -0.403. The van der Waals surface area contributed by atoms with Gasteiger partial charge in [-0.25, -0.2) is 4.98 Å². The van der Waals surface area contributed by atoms with E-state index in [-0.39, 0.29) is 18.5 Å². The summed E-state index contributed by atoms with van der Waals surface area (Å²) in [6.45, 7) is 0.164. The van der Waals surface area contributed by atoms with Crippen LogP contribution in [0.25, 0.3) is 5.65 Å². The lowest BCUT2D eigenvalue weighted by Crippen LogP contribution is -2.43. The molecule has 0 radical (unpaired) electrons. The monoisotopic (exact) mass is 374 g/mol. The lowest BCUT2D eigenvalue weighted by Gasteiger charge is -2.24. The average Bonchev–Trinajstić information content (AvgIpc) is 3.44. The smallest absolute Gasteiger partial charge is 0.262 e. The molecule has 0 unspecified atom stereocenters. The molecule has 3 heterocycles. The molecule has 2 aliphatic rings.